The van der Waals surface area contributed by atoms with Gasteiger partial charge in [-0.3, -0.25) is 0 Å². The Bertz CT molecular complexity index is 570. The maximum atomic E-state index is 5.33. The summed E-state index contributed by atoms with van der Waals surface area (Å²) in [5, 5.41) is 4.01. The highest BCUT2D eigenvalue weighted by Crippen LogP contribution is 2.22. The molecule has 0 unspecified atom stereocenters. The Morgan fingerprint density at radius 1 is 1.21 bits per heavy atom. The van der Waals surface area contributed by atoms with Gasteiger partial charge < -0.3 is 9.09 Å². The van der Waals surface area contributed by atoms with Crippen LogP contribution in [-0.2, 0) is 25.8 Å². The highest BCUT2D eigenvalue weighted by molar-refractivity contribution is 5.20. The van der Waals surface area contributed by atoms with Gasteiger partial charge in [-0.2, -0.15) is 4.98 Å². The minimum absolute atomic E-state index is 0.658. The van der Waals surface area contributed by atoms with Crippen LogP contribution in [0.5, 0.6) is 0 Å². The van der Waals surface area contributed by atoms with E-state index in [1.807, 2.05) is 0 Å². The normalized spacial score (nSPS) is 14.6. The van der Waals surface area contributed by atoms with Crippen molar-refractivity contribution in [1.29, 1.82) is 0 Å². The summed E-state index contributed by atoms with van der Waals surface area (Å²) in [4.78, 5) is 9.10. The van der Waals surface area contributed by atoms with Crippen LogP contribution in [0, 0.1) is 6.92 Å². The van der Waals surface area contributed by atoms with Crippen molar-refractivity contribution < 1.29 is 4.52 Å². The minimum Gasteiger partial charge on any atom is -0.337 e. The Kier molecular flexibility index (Phi) is 3.36. The largest absolute Gasteiger partial charge is 0.337 e. The first-order valence-electron chi connectivity index (χ1n) is 7.14. The number of fused-ring (bicyclic) bond motifs is 1. The molecular formula is C14H20N4O. The molecule has 2 aromatic rings. The molecule has 0 saturated carbocycles. The van der Waals surface area contributed by atoms with E-state index in [1.165, 1.54) is 24.2 Å². The zero-order valence-electron chi connectivity index (χ0n) is 11.6. The van der Waals surface area contributed by atoms with Gasteiger partial charge in [0.1, 0.15) is 12.4 Å². The maximum absolute atomic E-state index is 5.33. The van der Waals surface area contributed by atoms with Gasteiger partial charge in [-0.1, -0.05) is 12.1 Å². The van der Waals surface area contributed by atoms with Crippen LogP contribution in [0.1, 0.15) is 55.1 Å². The summed E-state index contributed by atoms with van der Waals surface area (Å²) in [7, 11) is 0. The van der Waals surface area contributed by atoms with E-state index < -0.39 is 0 Å². The Hall–Kier alpha value is -1.65. The molecule has 0 atom stereocenters. The van der Waals surface area contributed by atoms with Crippen LogP contribution in [-0.4, -0.2) is 19.7 Å². The van der Waals surface area contributed by atoms with E-state index >= 15 is 0 Å². The van der Waals surface area contributed by atoms with Crippen molar-refractivity contribution in [3.63, 3.8) is 0 Å². The van der Waals surface area contributed by atoms with Gasteiger partial charge >= 0.3 is 0 Å². The average molecular weight is 260 g/mol. The minimum atomic E-state index is 0.658. The number of hydrogen-bond acceptors (Lipinski definition) is 4. The molecule has 2 heterocycles. The monoisotopic (exact) mass is 260 g/mol. The number of rotatable bonds is 4. The Balaban J connectivity index is 1.84. The van der Waals surface area contributed by atoms with Crippen molar-refractivity contribution in [2.45, 2.75) is 58.9 Å². The molecule has 0 saturated heterocycles. The molecule has 1 aliphatic carbocycles. The summed E-state index contributed by atoms with van der Waals surface area (Å²) in [6.07, 6.45) is 6.65. The van der Waals surface area contributed by atoms with E-state index in [1.54, 1.807) is 0 Å². The van der Waals surface area contributed by atoms with Gasteiger partial charge in [-0.15, -0.1) is 0 Å². The van der Waals surface area contributed by atoms with Crippen molar-refractivity contribution in [2.24, 2.45) is 0 Å². The highest BCUT2D eigenvalue weighted by atomic mass is 16.5. The second kappa shape index (κ2) is 5.15. The standard InChI is InChI=1S/C14H20N4O/c1-3-6-13-16-14(19-17-13)9-18-10(2)15-11-7-4-5-8-12(11)18/h3-9H2,1-2H3. The molecule has 2 aromatic heterocycles. The van der Waals surface area contributed by atoms with Crippen molar-refractivity contribution >= 4 is 0 Å². The number of aryl methyl sites for hydroxylation is 3. The molecule has 0 amide bonds. The maximum Gasteiger partial charge on any atom is 0.246 e. The first kappa shape index (κ1) is 12.4. The lowest BCUT2D eigenvalue weighted by molar-refractivity contribution is 0.363. The average Bonchev–Trinajstić information content (AvgIpc) is 2.96. The van der Waals surface area contributed by atoms with Gasteiger partial charge in [0, 0.05) is 12.1 Å². The van der Waals surface area contributed by atoms with Crippen molar-refractivity contribution in [1.82, 2.24) is 19.7 Å². The molecule has 0 bridgehead atoms. The number of aromatic nitrogens is 4. The molecular weight excluding hydrogens is 240 g/mol. The predicted molar refractivity (Wildman–Crippen MR) is 71.0 cm³/mol. The predicted octanol–water partition coefficient (Wildman–Crippen LogP) is 2.45. The van der Waals surface area contributed by atoms with Crippen LogP contribution in [0.15, 0.2) is 4.52 Å². The molecule has 0 N–H and O–H groups in total. The molecule has 0 aromatic carbocycles. The molecule has 1 aliphatic rings. The van der Waals surface area contributed by atoms with Gasteiger partial charge in [-0.05, 0) is 39.0 Å². The molecule has 0 spiro atoms. The van der Waals surface area contributed by atoms with Crippen LogP contribution in [0.3, 0.4) is 0 Å². The van der Waals surface area contributed by atoms with Crippen LogP contribution in [0.25, 0.3) is 0 Å². The van der Waals surface area contributed by atoms with Crippen molar-refractivity contribution in [3.05, 3.63) is 28.9 Å². The lowest BCUT2D eigenvalue weighted by atomic mass is 10.0. The Morgan fingerprint density at radius 2 is 2.05 bits per heavy atom. The fraction of sp³-hybridized carbons (Fsp3) is 0.643. The summed E-state index contributed by atoms with van der Waals surface area (Å²) >= 11 is 0. The van der Waals surface area contributed by atoms with Gasteiger partial charge in [0.25, 0.3) is 0 Å². The quantitative estimate of drug-likeness (QED) is 0.847. The fourth-order valence-corrected chi connectivity index (χ4v) is 2.76. The zero-order valence-corrected chi connectivity index (χ0v) is 11.6. The van der Waals surface area contributed by atoms with Crippen molar-refractivity contribution in [2.75, 3.05) is 0 Å². The zero-order chi connectivity index (χ0) is 13.2. The lowest BCUT2D eigenvalue weighted by Crippen LogP contribution is -2.10. The molecule has 102 valence electrons. The summed E-state index contributed by atoms with van der Waals surface area (Å²) in [5.74, 6) is 2.56. The van der Waals surface area contributed by atoms with Crippen LogP contribution >= 0.6 is 0 Å². The van der Waals surface area contributed by atoms with Gasteiger partial charge in [-0.25, -0.2) is 4.98 Å². The molecule has 3 rings (SSSR count). The van der Waals surface area contributed by atoms with E-state index in [-0.39, 0.29) is 0 Å². The van der Waals surface area contributed by atoms with Gasteiger partial charge in [0.15, 0.2) is 5.82 Å². The molecule has 5 nitrogen and oxygen atoms in total. The van der Waals surface area contributed by atoms with Crippen LogP contribution in [0.2, 0.25) is 0 Å². The lowest BCUT2D eigenvalue weighted by Gasteiger charge is -2.13. The molecule has 19 heavy (non-hydrogen) atoms. The Labute approximate surface area is 113 Å². The molecule has 0 radical (unpaired) electrons. The van der Waals surface area contributed by atoms with E-state index in [9.17, 15) is 0 Å². The van der Waals surface area contributed by atoms with E-state index in [0.29, 0.717) is 12.4 Å². The number of nitrogens with zero attached hydrogens (tertiary/aromatic N) is 4. The molecule has 5 heteroatoms. The SMILES string of the molecule is CCCc1noc(Cn2c(C)nc3c2CCCC3)n1. The third-order valence-electron chi connectivity index (χ3n) is 3.70. The summed E-state index contributed by atoms with van der Waals surface area (Å²) in [5.41, 5.74) is 2.62. The number of imidazole rings is 1. The second-order valence-electron chi connectivity index (χ2n) is 5.20. The summed E-state index contributed by atoms with van der Waals surface area (Å²) in [6, 6.07) is 0. The van der Waals surface area contributed by atoms with E-state index in [0.717, 1.165) is 37.3 Å². The van der Waals surface area contributed by atoms with Gasteiger partial charge in [0.05, 0.1) is 5.69 Å². The first-order chi connectivity index (χ1) is 9.28. The topological polar surface area (TPSA) is 56.7 Å². The second-order valence-corrected chi connectivity index (χ2v) is 5.20. The molecule has 0 aliphatic heterocycles. The fourth-order valence-electron chi connectivity index (χ4n) is 2.76. The van der Waals surface area contributed by atoms with Crippen molar-refractivity contribution in [3.8, 4) is 0 Å². The molecule has 0 fully saturated rings. The third kappa shape index (κ3) is 2.41. The summed E-state index contributed by atoms with van der Waals surface area (Å²) in [6.45, 7) is 4.83. The third-order valence-corrected chi connectivity index (χ3v) is 3.70. The van der Waals surface area contributed by atoms with Gasteiger partial charge in [0.2, 0.25) is 5.89 Å². The number of hydrogen-bond donors (Lipinski definition) is 0. The van der Waals surface area contributed by atoms with E-state index in [2.05, 4.69) is 33.5 Å². The smallest absolute Gasteiger partial charge is 0.246 e. The Morgan fingerprint density at radius 3 is 2.89 bits per heavy atom. The first-order valence-corrected chi connectivity index (χ1v) is 7.14. The van der Waals surface area contributed by atoms with Crippen LogP contribution < -0.4 is 0 Å². The van der Waals surface area contributed by atoms with E-state index in [4.69, 9.17) is 4.52 Å². The highest BCUT2D eigenvalue weighted by Gasteiger charge is 2.19. The van der Waals surface area contributed by atoms with Crippen LogP contribution in [0.4, 0.5) is 0 Å². The summed E-state index contributed by atoms with van der Waals surface area (Å²) < 4.78 is 7.56.